The molecule has 0 radical (unpaired) electrons. The largest absolute Gasteiger partial charge is 0.497 e. The second-order valence-corrected chi connectivity index (χ2v) is 6.93. The number of urea groups is 1. The fourth-order valence-corrected chi connectivity index (χ4v) is 3.27. The standard InChI is InChI=1S/C22H23N3O7/c1-4-31-21(26)19-16(12-32-18-11-13(2)5-10-17(18)25(28)29)23-22(27)24-20(19)14-6-8-15(30-3)9-7-14/h5-11,20H,4,12H2,1-3H3,(H2,23,24,27). The van der Waals surface area contributed by atoms with E-state index in [9.17, 15) is 19.7 Å². The molecular weight excluding hydrogens is 418 g/mol. The van der Waals surface area contributed by atoms with Gasteiger partial charge in [-0.15, -0.1) is 0 Å². The Morgan fingerprint density at radius 3 is 2.53 bits per heavy atom. The summed E-state index contributed by atoms with van der Waals surface area (Å²) < 4.78 is 16.0. The molecule has 2 aromatic carbocycles. The molecule has 0 spiro atoms. The van der Waals surface area contributed by atoms with Crippen LogP contribution in [0, 0.1) is 17.0 Å². The van der Waals surface area contributed by atoms with Gasteiger partial charge >= 0.3 is 17.7 Å². The van der Waals surface area contributed by atoms with Crippen LogP contribution in [0.5, 0.6) is 11.5 Å². The lowest BCUT2D eigenvalue weighted by Crippen LogP contribution is -2.47. The molecule has 0 bridgehead atoms. The number of esters is 1. The smallest absolute Gasteiger partial charge is 0.338 e. The Morgan fingerprint density at radius 2 is 1.91 bits per heavy atom. The highest BCUT2D eigenvalue weighted by molar-refractivity contribution is 5.95. The first kappa shape index (κ1) is 22.6. The van der Waals surface area contributed by atoms with Crippen molar-refractivity contribution in [3.8, 4) is 11.5 Å². The summed E-state index contributed by atoms with van der Waals surface area (Å²) in [6.07, 6.45) is 0. The predicted octanol–water partition coefficient (Wildman–Crippen LogP) is 3.16. The molecule has 168 valence electrons. The Kier molecular flexibility index (Phi) is 6.93. The molecule has 1 heterocycles. The Bertz CT molecular complexity index is 1060. The maximum absolute atomic E-state index is 12.8. The number of hydrogen-bond acceptors (Lipinski definition) is 7. The number of aryl methyl sites for hydroxylation is 1. The molecule has 0 aliphatic carbocycles. The minimum absolute atomic E-state index is 0.0273. The number of ether oxygens (including phenoxy) is 3. The molecule has 0 saturated heterocycles. The first-order chi connectivity index (χ1) is 15.3. The van der Waals surface area contributed by atoms with Gasteiger partial charge in [0.2, 0.25) is 0 Å². The summed E-state index contributed by atoms with van der Waals surface area (Å²) in [5.74, 6) is 0.00337. The topological polar surface area (TPSA) is 129 Å². The van der Waals surface area contributed by atoms with Crippen molar-refractivity contribution in [2.24, 2.45) is 0 Å². The zero-order chi connectivity index (χ0) is 23.3. The van der Waals surface area contributed by atoms with Gasteiger partial charge in [0.1, 0.15) is 12.4 Å². The van der Waals surface area contributed by atoms with Gasteiger partial charge in [0.15, 0.2) is 5.75 Å². The molecule has 3 rings (SSSR count). The van der Waals surface area contributed by atoms with Gasteiger partial charge < -0.3 is 24.8 Å². The molecule has 10 nitrogen and oxygen atoms in total. The first-order valence-corrected chi connectivity index (χ1v) is 9.83. The van der Waals surface area contributed by atoms with Crippen molar-refractivity contribution in [2.75, 3.05) is 20.3 Å². The lowest BCUT2D eigenvalue weighted by Gasteiger charge is -2.29. The quantitative estimate of drug-likeness (QED) is 0.366. The van der Waals surface area contributed by atoms with E-state index in [-0.39, 0.29) is 35.9 Å². The van der Waals surface area contributed by atoms with Gasteiger partial charge in [-0.25, -0.2) is 9.59 Å². The number of rotatable bonds is 8. The highest BCUT2D eigenvalue weighted by Crippen LogP contribution is 2.31. The van der Waals surface area contributed by atoms with Crippen LogP contribution in [0.1, 0.15) is 24.1 Å². The molecule has 2 aromatic rings. The normalized spacial score (nSPS) is 15.5. The molecule has 10 heteroatoms. The van der Waals surface area contributed by atoms with Crippen molar-refractivity contribution < 1.29 is 28.7 Å². The van der Waals surface area contributed by atoms with Crippen molar-refractivity contribution in [1.29, 1.82) is 0 Å². The molecule has 2 N–H and O–H groups in total. The van der Waals surface area contributed by atoms with E-state index >= 15 is 0 Å². The number of amides is 2. The van der Waals surface area contributed by atoms with E-state index in [0.717, 1.165) is 5.56 Å². The van der Waals surface area contributed by atoms with Crippen LogP contribution >= 0.6 is 0 Å². The number of carbonyl (C=O) groups excluding carboxylic acids is 2. The number of nitro groups is 1. The lowest BCUT2D eigenvalue weighted by atomic mass is 9.95. The van der Waals surface area contributed by atoms with Gasteiger partial charge in [-0.1, -0.05) is 18.2 Å². The highest BCUT2D eigenvalue weighted by atomic mass is 16.6. The van der Waals surface area contributed by atoms with Crippen molar-refractivity contribution in [3.05, 3.63) is 75.0 Å². The molecule has 1 unspecified atom stereocenters. The second kappa shape index (κ2) is 9.82. The summed E-state index contributed by atoms with van der Waals surface area (Å²) in [7, 11) is 1.53. The van der Waals surface area contributed by atoms with Crippen LogP contribution in [0.4, 0.5) is 10.5 Å². The molecule has 2 amide bonds. The number of hydrogen-bond donors (Lipinski definition) is 2. The van der Waals surface area contributed by atoms with Crippen molar-refractivity contribution in [3.63, 3.8) is 0 Å². The molecule has 0 saturated carbocycles. The van der Waals surface area contributed by atoms with Crippen LogP contribution in [0.25, 0.3) is 0 Å². The number of benzene rings is 2. The van der Waals surface area contributed by atoms with Crippen molar-refractivity contribution in [1.82, 2.24) is 10.6 Å². The Morgan fingerprint density at radius 1 is 1.19 bits per heavy atom. The number of methoxy groups -OCH3 is 1. The van der Waals surface area contributed by atoms with E-state index < -0.39 is 23.0 Å². The summed E-state index contributed by atoms with van der Waals surface area (Å²) in [5.41, 5.74) is 1.47. The van der Waals surface area contributed by atoms with E-state index in [1.165, 1.54) is 19.2 Å². The van der Waals surface area contributed by atoms with Crippen LogP contribution in [-0.4, -0.2) is 37.2 Å². The van der Waals surface area contributed by atoms with Crippen molar-refractivity contribution in [2.45, 2.75) is 19.9 Å². The van der Waals surface area contributed by atoms with Crippen LogP contribution in [-0.2, 0) is 9.53 Å². The van der Waals surface area contributed by atoms with Crippen LogP contribution in [0.2, 0.25) is 0 Å². The summed E-state index contributed by atoms with van der Waals surface area (Å²) in [6, 6.07) is 9.96. The lowest BCUT2D eigenvalue weighted by molar-refractivity contribution is -0.385. The zero-order valence-corrected chi connectivity index (χ0v) is 17.8. The third kappa shape index (κ3) is 4.97. The van der Waals surface area contributed by atoms with Gasteiger partial charge in [-0.2, -0.15) is 0 Å². The predicted molar refractivity (Wildman–Crippen MR) is 114 cm³/mol. The molecule has 0 aromatic heterocycles. The highest BCUT2D eigenvalue weighted by Gasteiger charge is 2.34. The second-order valence-electron chi connectivity index (χ2n) is 6.93. The molecular formula is C22H23N3O7. The van der Waals surface area contributed by atoms with Gasteiger partial charge in [-0.3, -0.25) is 10.1 Å². The van der Waals surface area contributed by atoms with Gasteiger partial charge in [-0.05, 0) is 43.2 Å². The van der Waals surface area contributed by atoms with E-state index in [2.05, 4.69) is 10.6 Å². The first-order valence-electron chi connectivity index (χ1n) is 9.83. The summed E-state index contributed by atoms with van der Waals surface area (Å²) >= 11 is 0. The zero-order valence-electron chi connectivity index (χ0n) is 17.8. The fraction of sp³-hybridized carbons (Fsp3) is 0.273. The van der Waals surface area contributed by atoms with E-state index in [1.807, 2.05) is 0 Å². The molecule has 32 heavy (non-hydrogen) atoms. The third-order valence-corrected chi connectivity index (χ3v) is 4.78. The van der Waals surface area contributed by atoms with Gasteiger partial charge in [0.05, 0.1) is 36.0 Å². The number of carbonyl (C=O) groups is 2. The minimum Gasteiger partial charge on any atom is -0.497 e. The van der Waals surface area contributed by atoms with Gasteiger partial charge in [0, 0.05) is 6.07 Å². The summed E-state index contributed by atoms with van der Waals surface area (Å²) in [4.78, 5) is 35.9. The maximum atomic E-state index is 12.8. The molecule has 1 aliphatic rings. The maximum Gasteiger partial charge on any atom is 0.338 e. The summed E-state index contributed by atoms with van der Waals surface area (Å²) in [6.45, 7) is 3.29. The van der Waals surface area contributed by atoms with E-state index in [0.29, 0.717) is 11.3 Å². The fourth-order valence-electron chi connectivity index (χ4n) is 3.27. The third-order valence-electron chi connectivity index (χ3n) is 4.78. The SMILES string of the molecule is CCOC(=O)C1=C(COc2cc(C)ccc2[N+](=O)[O-])NC(=O)NC1c1ccc(OC)cc1. The number of nitrogens with zero attached hydrogens (tertiary/aromatic N) is 1. The van der Waals surface area contributed by atoms with Crippen LogP contribution < -0.4 is 20.1 Å². The molecule has 0 fully saturated rings. The Hall–Kier alpha value is -4.08. The number of nitrogens with one attached hydrogen (secondary N) is 2. The van der Waals surface area contributed by atoms with Gasteiger partial charge in [0.25, 0.3) is 0 Å². The van der Waals surface area contributed by atoms with E-state index in [4.69, 9.17) is 14.2 Å². The van der Waals surface area contributed by atoms with Crippen molar-refractivity contribution >= 4 is 17.7 Å². The number of nitro benzene ring substituents is 1. The Labute approximate surface area is 184 Å². The summed E-state index contributed by atoms with van der Waals surface area (Å²) in [5, 5.41) is 16.6. The van der Waals surface area contributed by atoms with E-state index in [1.54, 1.807) is 44.2 Å². The Balaban J connectivity index is 2.00. The monoisotopic (exact) mass is 441 g/mol. The van der Waals surface area contributed by atoms with Crippen LogP contribution in [0.15, 0.2) is 53.7 Å². The average Bonchev–Trinajstić information content (AvgIpc) is 2.77. The minimum atomic E-state index is -0.806. The average molecular weight is 441 g/mol. The van der Waals surface area contributed by atoms with Crippen LogP contribution in [0.3, 0.4) is 0 Å². The molecule has 1 aliphatic heterocycles. The molecule has 1 atom stereocenters.